The second kappa shape index (κ2) is 10.4. The fourth-order valence-corrected chi connectivity index (χ4v) is 3.21. The summed E-state index contributed by atoms with van der Waals surface area (Å²) in [5.74, 6) is -0.277. The summed E-state index contributed by atoms with van der Waals surface area (Å²) in [5, 5.41) is 0. The molecule has 1 saturated carbocycles. The van der Waals surface area contributed by atoms with Crippen LogP contribution in [-0.4, -0.2) is 25.2 Å². The number of carbonyl (C=O) groups excluding carboxylic acids is 2. The number of hydrogen-bond donors (Lipinski definition) is 0. The van der Waals surface area contributed by atoms with Gasteiger partial charge in [-0.15, -0.1) is 6.58 Å². The molecule has 126 valence electrons. The standard InChI is InChI=1S/C18H30O4/c1-4-7-14-8-10-15(11-9-14)12-13-16(17(19)21-5-2)18(20)22-6-3/h4,14-16H,1,5-13H2,2-3H3/t14-,15-. The molecule has 1 aliphatic carbocycles. The molecule has 0 aromatic rings. The van der Waals surface area contributed by atoms with Crippen molar-refractivity contribution in [3.05, 3.63) is 12.7 Å². The summed E-state index contributed by atoms with van der Waals surface area (Å²) in [4.78, 5) is 23.9. The molecule has 4 nitrogen and oxygen atoms in total. The molecular formula is C18H30O4. The number of esters is 2. The number of allylic oxidation sites excluding steroid dienone is 1. The van der Waals surface area contributed by atoms with Crippen LogP contribution in [0.4, 0.5) is 0 Å². The third kappa shape index (κ3) is 6.20. The van der Waals surface area contributed by atoms with E-state index in [-0.39, 0.29) is 0 Å². The zero-order valence-corrected chi connectivity index (χ0v) is 14.0. The van der Waals surface area contributed by atoms with Crippen LogP contribution in [0.25, 0.3) is 0 Å². The molecule has 1 aliphatic rings. The minimum absolute atomic E-state index is 0.293. The van der Waals surface area contributed by atoms with Gasteiger partial charge in [-0.1, -0.05) is 18.9 Å². The molecule has 1 rings (SSSR count). The number of carbonyl (C=O) groups is 2. The van der Waals surface area contributed by atoms with E-state index in [1.165, 1.54) is 25.7 Å². The summed E-state index contributed by atoms with van der Waals surface area (Å²) in [5.41, 5.74) is 0. The van der Waals surface area contributed by atoms with Crippen molar-refractivity contribution in [3.63, 3.8) is 0 Å². The molecule has 4 heteroatoms. The predicted molar refractivity (Wildman–Crippen MR) is 86.3 cm³/mol. The molecule has 0 spiro atoms. The lowest BCUT2D eigenvalue weighted by Gasteiger charge is -2.28. The van der Waals surface area contributed by atoms with Gasteiger partial charge in [0.1, 0.15) is 0 Å². The summed E-state index contributed by atoms with van der Waals surface area (Å²) >= 11 is 0. The highest BCUT2D eigenvalue weighted by Crippen LogP contribution is 2.34. The van der Waals surface area contributed by atoms with E-state index < -0.39 is 17.9 Å². The maximum absolute atomic E-state index is 11.9. The van der Waals surface area contributed by atoms with E-state index in [1.54, 1.807) is 13.8 Å². The van der Waals surface area contributed by atoms with Crippen molar-refractivity contribution in [2.75, 3.05) is 13.2 Å². The van der Waals surface area contributed by atoms with Crippen LogP contribution < -0.4 is 0 Å². The highest BCUT2D eigenvalue weighted by molar-refractivity contribution is 5.94. The predicted octanol–water partition coefficient (Wildman–Crippen LogP) is 3.89. The van der Waals surface area contributed by atoms with Crippen LogP contribution in [0.2, 0.25) is 0 Å². The molecule has 0 heterocycles. The quantitative estimate of drug-likeness (QED) is 0.368. The Morgan fingerprint density at radius 2 is 1.55 bits per heavy atom. The molecule has 0 bridgehead atoms. The highest BCUT2D eigenvalue weighted by Gasteiger charge is 2.31. The van der Waals surface area contributed by atoms with Gasteiger partial charge in [0, 0.05) is 0 Å². The van der Waals surface area contributed by atoms with E-state index in [0.717, 1.165) is 18.8 Å². The second-order valence-electron chi connectivity index (χ2n) is 6.05. The summed E-state index contributed by atoms with van der Waals surface area (Å²) in [6.45, 7) is 7.89. The Bertz CT molecular complexity index is 338. The number of rotatable bonds is 9. The molecule has 0 N–H and O–H groups in total. The van der Waals surface area contributed by atoms with Crippen LogP contribution in [0.5, 0.6) is 0 Å². The van der Waals surface area contributed by atoms with Crippen LogP contribution in [-0.2, 0) is 19.1 Å². The zero-order chi connectivity index (χ0) is 16.4. The lowest BCUT2D eigenvalue weighted by atomic mass is 9.78. The van der Waals surface area contributed by atoms with E-state index in [0.29, 0.717) is 25.6 Å². The maximum Gasteiger partial charge on any atom is 0.320 e. The Balaban J connectivity index is 2.44. The minimum atomic E-state index is -0.759. The molecule has 0 aliphatic heterocycles. The Hall–Kier alpha value is -1.32. The normalized spacial score (nSPS) is 21.4. The van der Waals surface area contributed by atoms with Crippen molar-refractivity contribution in [1.82, 2.24) is 0 Å². The Labute approximate surface area is 134 Å². The monoisotopic (exact) mass is 310 g/mol. The molecule has 0 radical (unpaired) electrons. The van der Waals surface area contributed by atoms with Gasteiger partial charge < -0.3 is 9.47 Å². The van der Waals surface area contributed by atoms with Crippen molar-refractivity contribution >= 4 is 11.9 Å². The molecule has 0 amide bonds. The van der Waals surface area contributed by atoms with Gasteiger partial charge in [-0.25, -0.2) is 0 Å². The molecular weight excluding hydrogens is 280 g/mol. The Morgan fingerprint density at radius 3 is 2.00 bits per heavy atom. The average molecular weight is 310 g/mol. The van der Waals surface area contributed by atoms with Crippen molar-refractivity contribution in [2.45, 2.75) is 58.8 Å². The fourth-order valence-electron chi connectivity index (χ4n) is 3.21. The third-order valence-corrected chi connectivity index (χ3v) is 4.47. The van der Waals surface area contributed by atoms with E-state index in [2.05, 4.69) is 6.58 Å². The van der Waals surface area contributed by atoms with E-state index in [1.807, 2.05) is 6.08 Å². The van der Waals surface area contributed by atoms with Crippen LogP contribution in [0, 0.1) is 17.8 Å². The highest BCUT2D eigenvalue weighted by atomic mass is 16.6. The topological polar surface area (TPSA) is 52.6 Å². The molecule has 1 fully saturated rings. The molecule has 0 aromatic heterocycles. The summed E-state index contributed by atoms with van der Waals surface area (Å²) in [6.07, 6.45) is 9.33. The van der Waals surface area contributed by atoms with E-state index >= 15 is 0 Å². The first kappa shape index (κ1) is 18.7. The lowest BCUT2D eigenvalue weighted by Crippen LogP contribution is -2.29. The third-order valence-electron chi connectivity index (χ3n) is 4.47. The van der Waals surface area contributed by atoms with Gasteiger partial charge in [0.25, 0.3) is 0 Å². The van der Waals surface area contributed by atoms with Crippen LogP contribution in [0.15, 0.2) is 12.7 Å². The van der Waals surface area contributed by atoms with Gasteiger partial charge in [-0.2, -0.15) is 0 Å². The van der Waals surface area contributed by atoms with Crippen molar-refractivity contribution in [1.29, 1.82) is 0 Å². The average Bonchev–Trinajstić information content (AvgIpc) is 2.50. The van der Waals surface area contributed by atoms with Gasteiger partial charge in [0.15, 0.2) is 5.92 Å². The summed E-state index contributed by atoms with van der Waals surface area (Å²) in [7, 11) is 0. The van der Waals surface area contributed by atoms with Crippen LogP contribution >= 0.6 is 0 Å². The maximum atomic E-state index is 11.9. The van der Waals surface area contributed by atoms with Gasteiger partial charge >= 0.3 is 11.9 Å². The first-order valence-electron chi connectivity index (χ1n) is 8.56. The van der Waals surface area contributed by atoms with Crippen LogP contribution in [0.3, 0.4) is 0 Å². The van der Waals surface area contributed by atoms with Gasteiger partial charge in [-0.05, 0) is 57.8 Å². The summed E-state index contributed by atoms with van der Waals surface area (Å²) in [6, 6.07) is 0. The number of ether oxygens (including phenoxy) is 2. The van der Waals surface area contributed by atoms with Gasteiger partial charge in [0.05, 0.1) is 13.2 Å². The number of hydrogen-bond acceptors (Lipinski definition) is 4. The van der Waals surface area contributed by atoms with Gasteiger partial charge in [0.2, 0.25) is 0 Å². The molecule has 0 unspecified atom stereocenters. The van der Waals surface area contributed by atoms with Crippen LogP contribution in [0.1, 0.15) is 58.8 Å². The first-order chi connectivity index (χ1) is 10.6. The zero-order valence-electron chi connectivity index (χ0n) is 14.0. The first-order valence-corrected chi connectivity index (χ1v) is 8.56. The molecule has 0 saturated heterocycles. The fraction of sp³-hybridized carbons (Fsp3) is 0.778. The van der Waals surface area contributed by atoms with Gasteiger partial charge in [-0.3, -0.25) is 9.59 Å². The largest absolute Gasteiger partial charge is 0.465 e. The second-order valence-corrected chi connectivity index (χ2v) is 6.05. The summed E-state index contributed by atoms with van der Waals surface area (Å²) < 4.78 is 10.0. The van der Waals surface area contributed by atoms with E-state index in [9.17, 15) is 9.59 Å². The Morgan fingerprint density at radius 1 is 1.05 bits per heavy atom. The molecule has 0 atom stereocenters. The Kier molecular flexibility index (Phi) is 8.86. The molecule has 22 heavy (non-hydrogen) atoms. The smallest absolute Gasteiger partial charge is 0.320 e. The van der Waals surface area contributed by atoms with Crippen molar-refractivity contribution in [3.8, 4) is 0 Å². The molecule has 0 aromatic carbocycles. The minimum Gasteiger partial charge on any atom is -0.465 e. The lowest BCUT2D eigenvalue weighted by molar-refractivity contribution is -0.162. The SMILES string of the molecule is C=CC[C@H]1CC[C@H](CCC(C(=O)OCC)C(=O)OCC)CC1. The van der Waals surface area contributed by atoms with Crippen molar-refractivity contribution < 1.29 is 19.1 Å². The van der Waals surface area contributed by atoms with Crippen molar-refractivity contribution in [2.24, 2.45) is 17.8 Å². The van der Waals surface area contributed by atoms with E-state index in [4.69, 9.17) is 9.47 Å².